The largest absolute Gasteiger partial charge is 0.491 e. The van der Waals surface area contributed by atoms with E-state index >= 15 is 0 Å². The van der Waals surface area contributed by atoms with E-state index in [2.05, 4.69) is 0 Å². The zero-order valence-electron chi connectivity index (χ0n) is 11.7. The van der Waals surface area contributed by atoms with Crippen LogP contribution in [0, 0.1) is 6.92 Å². The molecule has 0 unspecified atom stereocenters. The molecule has 0 aromatic heterocycles. The van der Waals surface area contributed by atoms with Crippen LogP contribution in [-0.2, 0) is 11.3 Å². The lowest BCUT2D eigenvalue weighted by Crippen LogP contribution is -2.23. The van der Waals surface area contributed by atoms with Crippen LogP contribution in [0.4, 0.5) is 0 Å². The Morgan fingerprint density at radius 2 is 1.65 bits per heavy atom. The van der Waals surface area contributed by atoms with Crippen LogP contribution in [0.15, 0.2) is 54.6 Å². The first-order valence-corrected chi connectivity index (χ1v) is 6.74. The van der Waals surface area contributed by atoms with Gasteiger partial charge in [-0.25, -0.2) is 0 Å². The summed E-state index contributed by atoms with van der Waals surface area (Å²) in [5.74, 6) is 0.801. The van der Waals surface area contributed by atoms with Crippen LogP contribution in [0.25, 0.3) is 0 Å². The fourth-order valence-electron chi connectivity index (χ4n) is 1.84. The SMILES string of the molecule is Cc1ccccc1OC[C@@H](O)COCc1ccccc1. The third-order valence-corrected chi connectivity index (χ3v) is 2.95. The van der Waals surface area contributed by atoms with Crippen molar-refractivity contribution in [3.63, 3.8) is 0 Å². The van der Waals surface area contributed by atoms with Crippen LogP contribution >= 0.6 is 0 Å². The van der Waals surface area contributed by atoms with Crippen LogP contribution in [0.3, 0.4) is 0 Å². The molecule has 0 aliphatic rings. The highest BCUT2D eigenvalue weighted by Crippen LogP contribution is 2.16. The summed E-state index contributed by atoms with van der Waals surface area (Å²) in [6, 6.07) is 17.6. The molecule has 3 heteroatoms. The molecule has 106 valence electrons. The minimum atomic E-state index is -0.627. The number of benzene rings is 2. The second-order valence-corrected chi connectivity index (χ2v) is 4.73. The first-order valence-electron chi connectivity index (χ1n) is 6.74. The molecule has 2 aromatic rings. The second-order valence-electron chi connectivity index (χ2n) is 4.73. The highest BCUT2D eigenvalue weighted by Gasteiger charge is 2.06. The minimum absolute atomic E-state index is 0.236. The van der Waals surface area contributed by atoms with E-state index in [1.807, 2.05) is 61.5 Å². The van der Waals surface area contributed by atoms with E-state index in [9.17, 15) is 5.11 Å². The molecule has 0 aliphatic carbocycles. The van der Waals surface area contributed by atoms with Crippen LogP contribution in [0.5, 0.6) is 5.75 Å². The third-order valence-electron chi connectivity index (χ3n) is 2.95. The van der Waals surface area contributed by atoms with Gasteiger partial charge in [0.05, 0.1) is 13.2 Å². The van der Waals surface area contributed by atoms with Crippen molar-refractivity contribution < 1.29 is 14.6 Å². The molecule has 0 amide bonds. The number of aliphatic hydroxyl groups is 1. The zero-order chi connectivity index (χ0) is 14.2. The summed E-state index contributed by atoms with van der Waals surface area (Å²) >= 11 is 0. The van der Waals surface area contributed by atoms with Crippen molar-refractivity contribution in [2.24, 2.45) is 0 Å². The molecule has 0 aliphatic heterocycles. The summed E-state index contributed by atoms with van der Waals surface area (Å²) < 4.78 is 11.0. The van der Waals surface area contributed by atoms with E-state index in [4.69, 9.17) is 9.47 Å². The number of hydrogen-bond donors (Lipinski definition) is 1. The van der Waals surface area contributed by atoms with Gasteiger partial charge >= 0.3 is 0 Å². The number of aryl methyl sites for hydroxylation is 1. The van der Waals surface area contributed by atoms with Crippen molar-refractivity contribution >= 4 is 0 Å². The summed E-state index contributed by atoms with van der Waals surface area (Å²) in [6.45, 7) is 2.98. The molecule has 2 rings (SSSR count). The molecule has 0 heterocycles. The van der Waals surface area contributed by atoms with Gasteiger partial charge in [0.1, 0.15) is 18.5 Å². The quantitative estimate of drug-likeness (QED) is 0.842. The average molecular weight is 272 g/mol. The van der Waals surface area contributed by atoms with Crippen LogP contribution < -0.4 is 4.74 Å². The summed E-state index contributed by atoms with van der Waals surface area (Å²) in [5, 5.41) is 9.83. The Kier molecular flexibility index (Phi) is 5.59. The van der Waals surface area contributed by atoms with Gasteiger partial charge in [0.2, 0.25) is 0 Å². The third kappa shape index (κ3) is 4.68. The standard InChI is InChI=1S/C17H20O3/c1-14-7-5-6-10-17(14)20-13-16(18)12-19-11-15-8-3-2-4-9-15/h2-10,16,18H,11-13H2,1H3/t16-/m0/s1. The fourth-order valence-corrected chi connectivity index (χ4v) is 1.84. The van der Waals surface area contributed by atoms with Gasteiger partial charge in [-0.1, -0.05) is 48.5 Å². The number of para-hydroxylation sites is 1. The first-order chi connectivity index (χ1) is 9.75. The number of rotatable bonds is 7. The zero-order valence-corrected chi connectivity index (χ0v) is 11.7. The molecule has 0 spiro atoms. The minimum Gasteiger partial charge on any atom is -0.491 e. The lowest BCUT2D eigenvalue weighted by atomic mass is 10.2. The molecule has 0 bridgehead atoms. The number of ether oxygens (including phenoxy) is 2. The Hall–Kier alpha value is -1.84. The van der Waals surface area contributed by atoms with Crippen LogP contribution in [0.1, 0.15) is 11.1 Å². The van der Waals surface area contributed by atoms with Gasteiger partial charge in [0.15, 0.2) is 0 Å². The van der Waals surface area contributed by atoms with Crippen LogP contribution in [0.2, 0.25) is 0 Å². The topological polar surface area (TPSA) is 38.7 Å². The summed E-state index contributed by atoms with van der Waals surface area (Å²) in [4.78, 5) is 0. The maximum Gasteiger partial charge on any atom is 0.122 e. The first kappa shape index (κ1) is 14.6. The Balaban J connectivity index is 1.68. The molecular weight excluding hydrogens is 252 g/mol. The normalized spacial score (nSPS) is 12.1. The number of aliphatic hydroxyl groups excluding tert-OH is 1. The van der Waals surface area contributed by atoms with Gasteiger partial charge in [0.25, 0.3) is 0 Å². The molecule has 0 fully saturated rings. The van der Waals surface area contributed by atoms with E-state index in [0.717, 1.165) is 16.9 Å². The molecule has 1 atom stereocenters. The highest BCUT2D eigenvalue weighted by molar-refractivity contribution is 5.31. The summed E-state index contributed by atoms with van der Waals surface area (Å²) in [5.41, 5.74) is 2.16. The van der Waals surface area contributed by atoms with Gasteiger partial charge in [-0.3, -0.25) is 0 Å². The summed E-state index contributed by atoms with van der Waals surface area (Å²) in [6.07, 6.45) is -0.627. The van der Waals surface area contributed by atoms with Crippen molar-refractivity contribution in [2.45, 2.75) is 19.6 Å². The average Bonchev–Trinajstić information content (AvgIpc) is 2.47. The predicted molar refractivity (Wildman–Crippen MR) is 78.8 cm³/mol. The predicted octanol–water partition coefficient (Wildman–Crippen LogP) is 2.95. The molecule has 0 saturated heterocycles. The van der Waals surface area contributed by atoms with Crippen molar-refractivity contribution in [1.29, 1.82) is 0 Å². The smallest absolute Gasteiger partial charge is 0.122 e. The monoisotopic (exact) mass is 272 g/mol. The van der Waals surface area contributed by atoms with Crippen molar-refractivity contribution in [2.75, 3.05) is 13.2 Å². The molecule has 20 heavy (non-hydrogen) atoms. The van der Waals surface area contributed by atoms with Crippen molar-refractivity contribution in [1.82, 2.24) is 0 Å². The van der Waals surface area contributed by atoms with E-state index in [0.29, 0.717) is 6.61 Å². The maximum absolute atomic E-state index is 9.83. The Morgan fingerprint density at radius 1 is 0.950 bits per heavy atom. The Labute approximate surface area is 119 Å². The van der Waals surface area contributed by atoms with Gasteiger partial charge in [-0.05, 0) is 24.1 Å². The van der Waals surface area contributed by atoms with E-state index in [-0.39, 0.29) is 13.2 Å². The van der Waals surface area contributed by atoms with Crippen LogP contribution in [-0.4, -0.2) is 24.4 Å². The van der Waals surface area contributed by atoms with Gasteiger partial charge < -0.3 is 14.6 Å². The lowest BCUT2D eigenvalue weighted by molar-refractivity contribution is 0.00538. The summed E-state index contributed by atoms with van der Waals surface area (Å²) in [7, 11) is 0. The molecule has 1 N–H and O–H groups in total. The van der Waals surface area contributed by atoms with E-state index < -0.39 is 6.10 Å². The van der Waals surface area contributed by atoms with Gasteiger partial charge in [0, 0.05) is 0 Å². The van der Waals surface area contributed by atoms with Gasteiger partial charge in [-0.15, -0.1) is 0 Å². The number of hydrogen-bond acceptors (Lipinski definition) is 3. The lowest BCUT2D eigenvalue weighted by Gasteiger charge is -2.14. The Morgan fingerprint density at radius 3 is 2.40 bits per heavy atom. The molecule has 0 saturated carbocycles. The second kappa shape index (κ2) is 7.68. The fraction of sp³-hybridized carbons (Fsp3) is 0.294. The van der Waals surface area contributed by atoms with Crippen molar-refractivity contribution in [3.8, 4) is 5.75 Å². The van der Waals surface area contributed by atoms with E-state index in [1.54, 1.807) is 0 Å². The maximum atomic E-state index is 9.83. The van der Waals surface area contributed by atoms with E-state index in [1.165, 1.54) is 0 Å². The molecule has 2 aromatic carbocycles. The van der Waals surface area contributed by atoms with Gasteiger partial charge in [-0.2, -0.15) is 0 Å². The Bertz CT molecular complexity index is 511. The molecule has 3 nitrogen and oxygen atoms in total. The highest BCUT2D eigenvalue weighted by atomic mass is 16.5. The molecule has 0 radical (unpaired) electrons. The van der Waals surface area contributed by atoms with Crippen molar-refractivity contribution in [3.05, 3.63) is 65.7 Å². The molecular formula is C17H20O3.